The number of carbonyl (C=O) groups is 2. The second kappa shape index (κ2) is 10.5. The van der Waals surface area contributed by atoms with Crippen LogP contribution < -0.4 is 10.1 Å². The molecule has 0 aliphatic carbocycles. The van der Waals surface area contributed by atoms with Gasteiger partial charge in [-0.15, -0.1) is 34.7 Å². The van der Waals surface area contributed by atoms with Gasteiger partial charge in [-0.05, 0) is 18.2 Å². The molecule has 1 amide bonds. The van der Waals surface area contributed by atoms with Gasteiger partial charge in [-0.1, -0.05) is 11.3 Å². The molecule has 3 aromatic rings. The van der Waals surface area contributed by atoms with Crippen LogP contribution in [0.15, 0.2) is 29.1 Å². The molecule has 9 nitrogen and oxygen atoms in total. The summed E-state index contributed by atoms with van der Waals surface area (Å²) in [5.74, 6) is -1.54. The fraction of sp³-hybridized carbons (Fsp3) is 0.350. The van der Waals surface area contributed by atoms with Gasteiger partial charge in [0.2, 0.25) is 5.91 Å². The summed E-state index contributed by atoms with van der Waals surface area (Å²) in [7, 11) is 0. The minimum Gasteiger partial charge on any atom is -0.404 e. The number of anilines is 1. The Kier molecular flexibility index (Phi) is 7.50. The number of rotatable bonds is 8. The first-order chi connectivity index (χ1) is 16.3. The fourth-order valence-corrected chi connectivity index (χ4v) is 4.57. The Morgan fingerprint density at radius 3 is 2.71 bits per heavy atom. The first kappa shape index (κ1) is 24.2. The molecule has 14 heteroatoms. The number of carbonyl (C=O) groups excluding carboxylic acids is 2. The molecule has 3 heterocycles. The van der Waals surface area contributed by atoms with Gasteiger partial charge in [-0.25, -0.2) is 4.98 Å². The van der Waals surface area contributed by atoms with E-state index < -0.39 is 23.8 Å². The molecule has 1 fully saturated rings. The molecular weight excluding hydrogens is 495 g/mol. The van der Waals surface area contributed by atoms with E-state index in [1.165, 1.54) is 34.8 Å². The molecule has 0 radical (unpaired) electrons. The second-order valence-corrected chi connectivity index (χ2v) is 8.95. The van der Waals surface area contributed by atoms with E-state index in [2.05, 4.69) is 25.2 Å². The van der Waals surface area contributed by atoms with Crippen molar-refractivity contribution in [2.45, 2.75) is 12.8 Å². The van der Waals surface area contributed by atoms with Crippen molar-refractivity contribution in [3.63, 3.8) is 0 Å². The van der Waals surface area contributed by atoms with Crippen LogP contribution in [0.25, 0.3) is 10.7 Å². The van der Waals surface area contributed by atoms with Crippen molar-refractivity contribution in [1.82, 2.24) is 20.1 Å². The number of nitrogens with zero attached hydrogens (tertiary/aromatic N) is 4. The molecule has 0 atom stereocenters. The quantitative estimate of drug-likeness (QED) is 0.458. The molecule has 2 aromatic heterocycles. The van der Waals surface area contributed by atoms with E-state index in [-0.39, 0.29) is 24.2 Å². The van der Waals surface area contributed by atoms with Gasteiger partial charge in [0.1, 0.15) is 10.7 Å². The number of Topliss-reactive ketones (excluding diaryl/α,β-unsaturated/α-hetero) is 1. The molecule has 0 unspecified atom stereocenters. The first-order valence-electron chi connectivity index (χ1n) is 10.0. The highest BCUT2D eigenvalue weighted by Gasteiger charge is 2.32. The monoisotopic (exact) mass is 513 g/mol. The van der Waals surface area contributed by atoms with Crippen LogP contribution >= 0.6 is 22.7 Å². The molecule has 0 spiro atoms. The Bertz CT molecular complexity index is 1150. The fourth-order valence-electron chi connectivity index (χ4n) is 3.15. The third-order valence-corrected chi connectivity index (χ3v) is 6.23. The number of amides is 1. The van der Waals surface area contributed by atoms with Crippen LogP contribution in [0.5, 0.6) is 5.75 Å². The van der Waals surface area contributed by atoms with Crippen molar-refractivity contribution < 1.29 is 32.2 Å². The van der Waals surface area contributed by atoms with Crippen LogP contribution in [0.2, 0.25) is 0 Å². The summed E-state index contributed by atoms with van der Waals surface area (Å²) in [5.41, 5.74) is 2.16. The number of nitrogens with one attached hydrogen (secondary N) is 1. The predicted molar refractivity (Wildman–Crippen MR) is 118 cm³/mol. The molecule has 180 valence electrons. The summed E-state index contributed by atoms with van der Waals surface area (Å²) in [4.78, 5) is 31.2. The Hall–Kier alpha value is -2.94. The third kappa shape index (κ3) is 6.56. The van der Waals surface area contributed by atoms with Gasteiger partial charge >= 0.3 is 6.36 Å². The highest BCUT2D eigenvalue weighted by Crippen LogP contribution is 2.32. The number of ketones is 1. The van der Waals surface area contributed by atoms with Crippen molar-refractivity contribution in [2.24, 2.45) is 0 Å². The summed E-state index contributed by atoms with van der Waals surface area (Å²) >= 11 is 2.60. The summed E-state index contributed by atoms with van der Waals surface area (Å²) in [5, 5.41) is 13.2. The smallest absolute Gasteiger partial charge is 0.404 e. The van der Waals surface area contributed by atoms with Crippen molar-refractivity contribution in [3.8, 4) is 16.5 Å². The maximum atomic E-state index is 12.9. The Labute approximate surface area is 199 Å². The maximum absolute atomic E-state index is 12.9. The molecule has 4 rings (SSSR count). The van der Waals surface area contributed by atoms with Crippen molar-refractivity contribution in [3.05, 3.63) is 39.7 Å². The van der Waals surface area contributed by atoms with E-state index in [1.807, 2.05) is 4.90 Å². The topological polar surface area (TPSA) is 107 Å². The largest absolute Gasteiger partial charge is 0.573 e. The van der Waals surface area contributed by atoms with Gasteiger partial charge in [0.15, 0.2) is 16.5 Å². The van der Waals surface area contributed by atoms with Crippen LogP contribution in [0, 0.1) is 0 Å². The van der Waals surface area contributed by atoms with E-state index in [9.17, 15) is 22.8 Å². The second-order valence-electron chi connectivity index (χ2n) is 7.17. The van der Waals surface area contributed by atoms with E-state index in [4.69, 9.17) is 4.74 Å². The molecule has 1 aliphatic rings. The van der Waals surface area contributed by atoms with Gasteiger partial charge in [-0.3, -0.25) is 14.5 Å². The predicted octanol–water partition coefficient (Wildman–Crippen LogP) is 3.26. The lowest BCUT2D eigenvalue weighted by Crippen LogP contribution is -2.41. The van der Waals surface area contributed by atoms with Gasteiger partial charge < -0.3 is 14.8 Å². The molecule has 34 heavy (non-hydrogen) atoms. The summed E-state index contributed by atoms with van der Waals surface area (Å²) in [6.07, 6.45) is -5.07. The number of ether oxygens (including phenoxy) is 2. The SMILES string of the molecule is O=C(CN1CCOCC1)Nc1cc(C(=O)Cc2nnc(-c3cscn3)s2)ccc1OC(F)(F)F. The minimum atomic E-state index is -4.96. The zero-order chi connectivity index (χ0) is 24.1. The zero-order valence-corrected chi connectivity index (χ0v) is 19.1. The number of aromatic nitrogens is 3. The van der Waals surface area contributed by atoms with Crippen LogP contribution in [0.3, 0.4) is 0 Å². The normalized spacial score (nSPS) is 14.7. The highest BCUT2D eigenvalue weighted by molar-refractivity contribution is 7.15. The van der Waals surface area contributed by atoms with Crippen LogP contribution in [0.1, 0.15) is 15.4 Å². The molecule has 0 saturated carbocycles. The molecule has 1 saturated heterocycles. The lowest BCUT2D eigenvalue weighted by atomic mass is 10.1. The van der Waals surface area contributed by atoms with Crippen LogP contribution in [-0.2, 0) is 16.0 Å². The minimum absolute atomic E-state index is 0.0306. The van der Waals surface area contributed by atoms with Crippen LogP contribution in [-0.4, -0.2) is 71.0 Å². The van der Waals surface area contributed by atoms with Crippen molar-refractivity contribution in [2.75, 3.05) is 38.2 Å². The van der Waals surface area contributed by atoms with Crippen molar-refractivity contribution in [1.29, 1.82) is 0 Å². The number of hydrogen-bond donors (Lipinski definition) is 1. The zero-order valence-electron chi connectivity index (χ0n) is 17.5. The van der Waals surface area contributed by atoms with Gasteiger partial charge in [-0.2, -0.15) is 0 Å². The molecular formula is C20H18F3N5O4S2. The summed E-state index contributed by atoms with van der Waals surface area (Å²) < 4.78 is 47.8. The van der Waals surface area contributed by atoms with E-state index in [0.29, 0.717) is 42.0 Å². The maximum Gasteiger partial charge on any atom is 0.573 e. The van der Waals surface area contributed by atoms with Gasteiger partial charge in [0.05, 0.1) is 37.4 Å². The molecule has 1 aromatic carbocycles. The van der Waals surface area contributed by atoms with Crippen LogP contribution in [0.4, 0.5) is 18.9 Å². The number of benzene rings is 1. The first-order valence-corrected chi connectivity index (χ1v) is 11.8. The molecule has 1 aliphatic heterocycles. The lowest BCUT2D eigenvalue weighted by molar-refractivity contribution is -0.274. The third-order valence-electron chi connectivity index (χ3n) is 4.70. The lowest BCUT2D eigenvalue weighted by Gasteiger charge is -2.26. The average molecular weight is 514 g/mol. The van der Waals surface area contributed by atoms with Crippen molar-refractivity contribution >= 4 is 40.1 Å². The standard InChI is InChI=1S/C20H18F3N5O4S2/c21-20(22,23)32-16-2-1-12(7-13(16)25-17(30)9-28-3-5-31-6-4-28)15(29)8-18-26-27-19(34-18)14-10-33-11-24-14/h1-2,7,10-11H,3-6,8-9H2,(H,25,30). The number of hydrogen-bond acceptors (Lipinski definition) is 10. The Morgan fingerprint density at radius 1 is 1.21 bits per heavy atom. The van der Waals surface area contributed by atoms with Gasteiger partial charge in [0, 0.05) is 24.0 Å². The van der Waals surface area contributed by atoms with E-state index in [0.717, 1.165) is 6.07 Å². The molecule has 0 bridgehead atoms. The summed E-state index contributed by atoms with van der Waals surface area (Å²) in [6.45, 7) is 1.97. The Balaban J connectivity index is 1.49. The summed E-state index contributed by atoms with van der Waals surface area (Å²) in [6, 6.07) is 3.39. The number of thiazole rings is 1. The van der Waals surface area contributed by atoms with Gasteiger partial charge in [0.25, 0.3) is 0 Å². The number of morpholine rings is 1. The van der Waals surface area contributed by atoms with E-state index in [1.54, 1.807) is 10.9 Å². The number of halogens is 3. The highest BCUT2D eigenvalue weighted by atomic mass is 32.1. The number of alkyl halides is 3. The van der Waals surface area contributed by atoms with E-state index >= 15 is 0 Å². The molecule has 1 N–H and O–H groups in total. The Morgan fingerprint density at radius 2 is 2.00 bits per heavy atom. The average Bonchev–Trinajstić information content (AvgIpc) is 3.46.